The van der Waals surface area contributed by atoms with Crippen LogP contribution in [0, 0.1) is 0 Å². The van der Waals surface area contributed by atoms with Crippen LogP contribution in [0.25, 0.3) is 0 Å². The summed E-state index contributed by atoms with van der Waals surface area (Å²) in [4.78, 5) is 15.4. The molecule has 1 aromatic rings. The standard InChI is InChI=1S/C17H26N2O3S/c1-18-17(20)13-7-5-6-8-19(13)11-12-9-15(22-3)16(23-4)10-14(12)21-2/h9-10,13H,5-8,11H2,1-4H3,(H,18,20)/t13-/m0/s1. The monoisotopic (exact) mass is 338 g/mol. The second kappa shape index (κ2) is 8.45. The molecule has 128 valence electrons. The number of hydrogen-bond donors (Lipinski definition) is 1. The Morgan fingerprint density at radius 1 is 1.30 bits per heavy atom. The quantitative estimate of drug-likeness (QED) is 0.808. The zero-order valence-corrected chi connectivity index (χ0v) is 15.2. The lowest BCUT2D eigenvalue weighted by atomic mass is 10.00. The van der Waals surface area contributed by atoms with Gasteiger partial charge in [-0.3, -0.25) is 9.69 Å². The van der Waals surface area contributed by atoms with Crippen molar-refractivity contribution >= 4 is 17.7 Å². The Bertz CT molecular complexity index is 551. The van der Waals surface area contributed by atoms with Crippen molar-refractivity contribution < 1.29 is 14.3 Å². The second-order valence-corrected chi connectivity index (χ2v) is 6.46. The zero-order valence-electron chi connectivity index (χ0n) is 14.3. The highest BCUT2D eigenvalue weighted by molar-refractivity contribution is 7.98. The third-order valence-electron chi connectivity index (χ3n) is 4.32. The number of carbonyl (C=O) groups excluding carboxylic acids is 1. The van der Waals surface area contributed by atoms with Crippen molar-refractivity contribution in [1.29, 1.82) is 0 Å². The number of thioether (sulfide) groups is 1. The number of piperidine rings is 1. The summed E-state index contributed by atoms with van der Waals surface area (Å²) in [5.74, 6) is 1.79. The third kappa shape index (κ3) is 4.12. The van der Waals surface area contributed by atoms with Crippen LogP contribution in [0.1, 0.15) is 24.8 Å². The van der Waals surface area contributed by atoms with E-state index in [4.69, 9.17) is 9.47 Å². The van der Waals surface area contributed by atoms with Gasteiger partial charge < -0.3 is 14.8 Å². The van der Waals surface area contributed by atoms with Gasteiger partial charge in [-0.05, 0) is 37.8 Å². The number of hydrogen-bond acceptors (Lipinski definition) is 5. The summed E-state index contributed by atoms with van der Waals surface area (Å²) in [6.45, 7) is 1.61. The topological polar surface area (TPSA) is 50.8 Å². The molecular formula is C17H26N2O3S. The van der Waals surface area contributed by atoms with Gasteiger partial charge in [-0.1, -0.05) is 6.42 Å². The van der Waals surface area contributed by atoms with Crippen molar-refractivity contribution in [2.24, 2.45) is 0 Å². The molecule has 1 fully saturated rings. The van der Waals surface area contributed by atoms with Crippen molar-refractivity contribution in [3.8, 4) is 11.5 Å². The average Bonchev–Trinajstić information content (AvgIpc) is 2.61. The summed E-state index contributed by atoms with van der Waals surface area (Å²) in [7, 11) is 5.06. The normalized spacial score (nSPS) is 18.5. The Labute approximate surface area is 142 Å². The van der Waals surface area contributed by atoms with E-state index in [9.17, 15) is 4.79 Å². The van der Waals surface area contributed by atoms with E-state index in [0.717, 1.165) is 47.8 Å². The Balaban J connectivity index is 2.28. The van der Waals surface area contributed by atoms with Gasteiger partial charge in [0.2, 0.25) is 5.91 Å². The molecule has 6 heteroatoms. The molecule has 0 saturated carbocycles. The number of nitrogens with one attached hydrogen (secondary N) is 1. The Hall–Kier alpha value is -1.40. The van der Waals surface area contributed by atoms with Gasteiger partial charge in [0.1, 0.15) is 11.5 Å². The van der Waals surface area contributed by atoms with E-state index >= 15 is 0 Å². The average molecular weight is 338 g/mol. The van der Waals surface area contributed by atoms with Crippen molar-refractivity contribution in [3.63, 3.8) is 0 Å². The van der Waals surface area contributed by atoms with E-state index in [1.807, 2.05) is 18.4 Å². The number of nitrogens with zero attached hydrogens (tertiary/aromatic N) is 1. The molecule has 2 rings (SSSR count). The molecule has 1 aromatic carbocycles. The van der Waals surface area contributed by atoms with Gasteiger partial charge in [-0.2, -0.15) is 0 Å². The lowest BCUT2D eigenvalue weighted by Crippen LogP contribution is -2.48. The van der Waals surface area contributed by atoms with E-state index in [0.29, 0.717) is 6.54 Å². The van der Waals surface area contributed by atoms with Crippen molar-refractivity contribution in [2.45, 2.75) is 36.7 Å². The van der Waals surface area contributed by atoms with Crippen LogP contribution in [0.5, 0.6) is 11.5 Å². The fraction of sp³-hybridized carbons (Fsp3) is 0.588. The lowest BCUT2D eigenvalue weighted by molar-refractivity contribution is -0.127. The van der Waals surface area contributed by atoms with Crippen LogP contribution in [0.4, 0.5) is 0 Å². The summed E-state index contributed by atoms with van der Waals surface area (Å²) in [5.41, 5.74) is 1.05. The lowest BCUT2D eigenvalue weighted by Gasteiger charge is -2.34. The molecular weight excluding hydrogens is 312 g/mol. The first-order chi connectivity index (χ1) is 11.1. The maximum Gasteiger partial charge on any atom is 0.237 e. The number of amides is 1. The molecule has 1 atom stereocenters. The van der Waals surface area contributed by atoms with Gasteiger partial charge in [0.25, 0.3) is 0 Å². The first-order valence-corrected chi connectivity index (χ1v) is 9.11. The number of likely N-dealkylation sites (tertiary alicyclic amines) is 1. The highest BCUT2D eigenvalue weighted by Gasteiger charge is 2.28. The van der Waals surface area contributed by atoms with Crippen LogP contribution in [-0.2, 0) is 11.3 Å². The first-order valence-electron chi connectivity index (χ1n) is 7.89. The predicted molar refractivity (Wildman–Crippen MR) is 93.4 cm³/mol. The van der Waals surface area contributed by atoms with Crippen LogP contribution in [0.2, 0.25) is 0 Å². The van der Waals surface area contributed by atoms with E-state index in [-0.39, 0.29) is 11.9 Å². The van der Waals surface area contributed by atoms with Crippen LogP contribution < -0.4 is 14.8 Å². The molecule has 1 N–H and O–H groups in total. The molecule has 0 bridgehead atoms. The molecule has 1 aliphatic rings. The van der Waals surface area contributed by atoms with Crippen LogP contribution in [-0.4, -0.2) is 50.9 Å². The minimum atomic E-state index is -0.0651. The molecule has 5 nitrogen and oxygen atoms in total. The summed E-state index contributed by atoms with van der Waals surface area (Å²) in [5, 5.41) is 2.78. The van der Waals surface area contributed by atoms with E-state index in [2.05, 4.69) is 10.2 Å². The maximum absolute atomic E-state index is 12.1. The Morgan fingerprint density at radius 2 is 2.04 bits per heavy atom. The van der Waals surface area contributed by atoms with Gasteiger partial charge in [0, 0.05) is 19.2 Å². The first kappa shape index (κ1) is 17.9. The Kier molecular flexibility index (Phi) is 6.59. The summed E-state index contributed by atoms with van der Waals surface area (Å²) in [6.07, 6.45) is 5.14. The van der Waals surface area contributed by atoms with Gasteiger partial charge >= 0.3 is 0 Å². The zero-order chi connectivity index (χ0) is 16.8. The number of carbonyl (C=O) groups is 1. The SMILES string of the molecule is CNC(=O)[C@@H]1CCCCN1Cc1cc(OC)c(SC)cc1OC. The molecule has 0 unspecified atom stereocenters. The van der Waals surface area contributed by atoms with Crippen molar-refractivity contribution in [3.05, 3.63) is 17.7 Å². The number of benzene rings is 1. The summed E-state index contributed by atoms with van der Waals surface area (Å²) < 4.78 is 11.0. The van der Waals surface area contributed by atoms with Gasteiger partial charge in [0.05, 0.1) is 25.2 Å². The van der Waals surface area contributed by atoms with Crippen LogP contribution >= 0.6 is 11.8 Å². The van der Waals surface area contributed by atoms with E-state index < -0.39 is 0 Å². The molecule has 23 heavy (non-hydrogen) atoms. The van der Waals surface area contributed by atoms with E-state index in [1.165, 1.54) is 0 Å². The minimum absolute atomic E-state index is 0.0651. The van der Waals surface area contributed by atoms with Gasteiger partial charge in [0.15, 0.2) is 0 Å². The maximum atomic E-state index is 12.1. The minimum Gasteiger partial charge on any atom is -0.496 e. The summed E-state index contributed by atoms with van der Waals surface area (Å²) in [6, 6.07) is 3.97. The second-order valence-electron chi connectivity index (χ2n) is 5.62. The number of methoxy groups -OCH3 is 2. The van der Waals surface area contributed by atoms with Crippen LogP contribution in [0.3, 0.4) is 0 Å². The fourth-order valence-electron chi connectivity index (χ4n) is 3.08. The molecule has 0 spiro atoms. The number of likely N-dealkylation sites (N-methyl/N-ethyl adjacent to an activating group) is 1. The van der Waals surface area contributed by atoms with Gasteiger partial charge in [-0.25, -0.2) is 0 Å². The molecule has 1 aliphatic heterocycles. The fourth-order valence-corrected chi connectivity index (χ4v) is 3.65. The van der Waals surface area contributed by atoms with Crippen molar-refractivity contribution in [2.75, 3.05) is 34.1 Å². The predicted octanol–water partition coefficient (Wildman–Crippen LogP) is 2.53. The van der Waals surface area contributed by atoms with Gasteiger partial charge in [-0.15, -0.1) is 11.8 Å². The highest BCUT2D eigenvalue weighted by Crippen LogP contribution is 2.35. The smallest absolute Gasteiger partial charge is 0.237 e. The Morgan fingerprint density at radius 3 is 2.65 bits per heavy atom. The molecule has 1 amide bonds. The third-order valence-corrected chi connectivity index (χ3v) is 5.08. The largest absolute Gasteiger partial charge is 0.496 e. The molecule has 0 aliphatic carbocycles. The number of ether oxygens (including phenoxy) is 2. The molecule has 0 aromatic heterocycles. The van der Waals surface area contributed by atoms with Crippen molar-refractivity contribution in [1.82, 2.24) is 10.2 Å². The molecule has 0 radical (unpaired) electrons. The molecule has 1 heterocycles. The number of rotatable bonds is 6. The summed E-state index contributed by atoms with van der Waals surface area (Å²) >= 11 is 1.63. The van der Waals surface area contributed by atoms with Crippen LogP contribution in [0.15, 0.2) is 17.0 Å². The molecule has 1 saturated heterocycles. The van der Waals surface area contributed by atoms with E-state index in [1.54, 1.807) is 33.0 Å². The highest BCUT2D eigenvalue weighted by atomic mass is 32.2.